The molecule has 0 spiro atoms. The Hall–Kier alpha value is -2.14. The standard InChI is InChI=1S/C15H18N4O/c1-2-16-15(14-9-6-10-20-14)13-11-17-19(18-13)12-7-4-3-5-8-12/h3-5,7-9,11,15-16H,2,6,10H2,1H3. The molecule has 0 saturated carbocycles. The molecular weight excluding hydrogens is 252 g/mol. The summed E-state index contributed by atoms with van der Waals surface area (Å²) in [6, 6.07) is 9.88. The third-order valence-electron chi connectivity index (χ3n) is 3.22. The third-order valence-corrected chi connectivity index (χ3v) is 3.22. The van der Waals surface area contributed by atoms with Gasteiger partial charge in [0.05, 0.1) is 18.5 Å². The first-order valence-corrected chi connectivity index (χ1v) is 6.92. The number of hydrogen-bond acceptors (Lipinski definition) is 4. The fourth-order valence-electron chi connectivity index (χ4n) is 2.29. The molecule has 20 heavy (non-hydrogen) atoms. The smallest absolute Gasteiger partial charge is 0.115 e. The van der Waals surface area contributed by atoms with Gasteiger partial charge in [-0.05, 0) is 24.8 Å². The molecule has 104 valence electrons. The fourth-order valence-corrected chi connectivity index (χ4v) is 2.29. The van der Waals surface area contributed by atoms with Gasteiger partial charge in [0, 0.05) is 6.42 Å². The van der Waals surface area contributed by atoms with E-state index >= 15 is 0 Å². The Morgan fingerprint density at radius 1 is 1.35 bits per heavy atom. The van der Waals surface area contributed by atoms with Crippen molar-refractivity contribution in [3.8, 4) is 5.69 Å². The average molecular weight is 270 g/mol. The Morgan fingerprint density at radius 2 is 2.20 bits per heavy atom. The van der Waals surface area contributed by atoms with Crippen molar-refractivity contribution >= 4 is 0 Å². The molecule has 5 nitrogen and oxygen atoms in total. The van der Waals surface area contributed by atoms with E-state index in [9.17, 15) is 0 Å². The van der Waals surface area contributed by atoms with Crippen LogP contribution < -0.4 is 5.32 Å². The van der Waals surface area contributed by atoms with E-state index in [0.29, 0.717) is 0 Å². The molecule has 0 saturated heterocycles. The minimum absolute atomic E-state index is 0.0139. The number of likely N-dealkylation sites (N-methyl/N-ethyl adjacent to an activating group) is 1. The topological polar surface area (TPSA) is 52.0 Å². The van der Waals surface area contributed by atoms with Crippen molar-refractivity contribution in [2.45, 2.75) is 19.4 Å². The van der Waals surface area contributed by atoms with Gasteiger partial charge in [0.25, 0.3) is 0 Å². The van der Waals surface area contributed by atoms with Crippen LogP contribution in [0.1, 0.15) is 25.1 Å². The second-order valence-corrected chi connectivity index (χ2v) is 4.63. The lowest BCUT2D eigenvalue weighted by molar-refractivity contribution is 0.215. The molecule has 1 unspecified atom stereocenters. The van der Waals surface area contributed by atoms with E-state index in [1.54, 1.807) is 11.0 Å². The number of nitrogens with one attached hydrogen (secondary N) is 1. The summed E-state index contributed by atoms with van der Waals surface area (Å²) >= 11 is 0. The van der Waals surface area contributed by atoms with Crippen molar-refractivity contribution in [3.05, 3.63) is 54.1 Å². The van der Waals surface area contributed by atoms with Gasteiger partial charge in [-0.25, -0.2) is 0 Å². The molecule has 2 heterocycles. The van der Waals surface area contributed by atoms with E-state index in [1.165, 1.54) is 0 Å². The summed E-state index contributed by atoms with van der Waals surface area (Å²) in [5, 5.41) is 12.3. The molecule has 1 N–H and O–H groups in total. The second kappa shape index (κ2) is 5.88. The Morgan fingerprint density at radius 3 is 2.90 bits per heavy atom. The zero-order valence-corrected chi connectivity index (χ0v) is 11.5. The summed E-state index contributed by atoms with van der Waals surface area (Å²) in [5.41, 5.74) is 1.83. The van der Waals surface area contributed by atoms with Crippen LogP contribution in [-0.2, 0) is 4.74 Å². The summed E-state index contributed by atoms with van der Waals surface area (Å²) in [6.45, 7) is 3.68. The lowest BCUT2D eigenvalue weighted by Crippen LogP contribution is -2.23. The number of aromatic nitrogens is 3. The summed E-state index contributed by atoms with van der Waals surface area (Å²) < 4.78 is 5.66. The van der Waals surface area contributed by atoms with E-state index in [2.05, 4.69) is 28.5 Å². The van der Waals surface area contributed by atoms with Gasteiger partial charge in [0.2, 0.25) is 0 Å². The van der Waals surface area contributed by atoms with Crippen molar-refractivity contribution in [2.24, 2.45) is 0 Å². The summed E-state index contributed by atoms with van der Waals surface area (Å²) in [4.78, 5) is 1.65. The predicted molar refractivity (Wildman–Crippen MR) is 76.4 cm³/mol. The van der Waals surface area contributed by atoms with Crippen molar-refractivity contribution in [1.29, 1.82) is 0 Å². The van der Waals surface area contributed by atoms with Crippen LogP contribution in [0.25, 0.3) is 5.69 Å². The van der Waals surface area contributed by atoms with Gasteiger partial charge in [-0.2, -0.15) is 15.0 Å². The van der Waals surface area contributed by atoms with Crippen LogP contribution in [0.2, 0.25) is 0 Å². The molecule has 5 heteroatoms. The maximum absolute atomic E-state index is 5.66. The van der Waals surface area contributed by atoms with Crippen molar-refractivity contribution in [1.82, 2.24) is 20.3 Å². The largest absolute Gasteiger partial charge is 0.496 e. The van der Waals surface area contributed by atoms with Crippen molar-refractivity contribution < 1.29 is 4.74 Å². The van der Waals surface area contributed by atoms with Crippen LogP contribution in [0.3, 0.4) is 0 Å². The lowest BCUT2D eigenvalue weighted by atomic mass is 10.1. The molecule has 1 aromatic heterocycles. The minimum Gasteiger partial charge on any atom is -0.496 e. The highest BCUT2D eigenvalue weighted by Gasteiger charge is 2.22. The molecule has 0 bridgehead atoms. The fraction of sp³-hybridized carbons (Fsp3) is 0.333. The molecule has 0 amide bonds. The van der Waals surface area contributed by atoms with E-state index in [1.807, 2.05) is 30.3 Å². The summed E-state index contributed by atoms with van der Waals surface area (Å²) in [5.74, 6) is 0.951. The van der Waals surface area contributed by atoms with Gasteiger partial charge in [0.1, 0.15) is 17.5 Å². The van der Waals surface area contributed by atoms with Gasteiger partial charge >= 0.3 is 0 Å². The summed E-state index contributed by atoms with van der Waals surface area (Å²) in [6.07, 6.45) is 4.88. The average Bonchev–Trinajstić information content (AvgIpc) is 3.17. The highest BCUT2D eigenvalue weighted by molar-refractivity contribution is 5.29. The van der Waals surface area contributed by atoms with Crippen LogP contribution >= 0.6 is 0 Å². The highest BCUT2D eigenvalue weighted by Crippen LogP contribution is 2.25. The summed E-state index contributed by atoms with van der Waals surface area (Å²) in [7, 11) is 0. The first kappa shape index (κ1) is 12.9. The number of benzene rings is 1. The van der Waals surface area contributed by atoms with Crippen LogP contribution in [0.4, 0.5) is 0 Å². The van der Waals surface area contributed by atoms with E-state index in [0.717, 1.165) is 36.7 Å². The number of hydrogen-bond donors (Lipinski definition) is 1. The molecule has 2 aromatic rings. The van der Waals surface area contributed by atoms with Gasteiger partial charge in [-0.1, -0.05) is 25.1 Å². The Kier molecular flexibility index (Phi) is 3.78. The molecule has 1 atom stereocenters. The maximum atomic E-state index is 5.66. The number of rotatable bonds is 5. The lowest BCUT2D eigenvalue weighted by Gasteiger charge is -2.16. The molecule has 3 rings (SSSR count). The molecule has 1 aliphatic rings. The highest BCUT2D eigenvalue weighted by atomic mass is 16.5. The maximum Gasteiger partial charge on any atom is 0.115 e. The normalized spacial score (nSPS) is 15.8. The Bertz CT molecular complexity index is 591. The van der Waals surface area contributed by atoms with Gasteiger partial charge < -0.3 is 10.1 Å². The number of para-hydroxylation sites is 1. The first-order chi connectivity index (χ1) is 9.88. The molecule has 0 radical (unpaired) electrons. The van der Waals surface area contributed by atoms with Gasteiger partial charge in [-0.3, -0.25) is 0 Å². The second-order valence-electron chi connectivity index (χ2n) is 4.63. The number of nitrogens with zero attached hydrogens (tertiary/aromatic N) is 3. The SMILES string of the molecule is CCNC(C1=CCCO1)c1cnn(-c2ccccc2)n1. The molecule has 1 aliphatic heterocycles. The zero-order chi connectivity index (χ0) is 13.8. The van der Waals surface area contributed by atoms with Crippen molar-refractivity contribution in [2.75, 3.05) is 13.2 Å². The Labute approximate surface area is 118 Å². The van der Waals surface area contributed by atoms with Gasteiger partial charge in [-0.15, -0.1) is 0 Å². The van der Waals surface area contributed by atoms with Crippen LogP contribution in [0.5, 0.6) is 0 Å². The third kappa shape index (κ3) is 2.58. The zero-order valence-electron chi connectivity index (χ0n) is 11.5. The van der Waals surface area contributed by atoms with E-state index in [4.69, 9.17) is 4.74 Å². The first-order valence-electron chi connectivity index (χ1n) is 6.92. The predicted octanol–water partition coefficient (Wildman–Crippen LogP) is 2.22. The van der Waals surface area contributed by atoms with Crippen LogP contribution in [0.15, 0.2) is 48.4 Å². The molecule has 1 aromatic carbocycles. The van der Waals surface area contributed by atoms with Gasteiger partial charge in [0.15, 0.2) is 0 Å². The van der Waals surface area contributed by atoms with E-state index < -0.39 is 0 Å². The van der Waals surface area contributed by atoms with Crippen LogP contribution in [-0.4, -0.2) is 28.1 Å². The van der Waals surface area contributed by atoms with E-state index in [-0.39, 0.29) is 6.04 Å². The molecule has 0 aliphatic carbocycles. The minimum atomic E-state index is -0.0139. The quantitative estimate of drug-likeness (QED) is 0.905. The van der Waals surface area contributed by atoms with Crippen molar-refractivity contribution in [3.63, 3.8) is 0 Å². The number of ether oxygens (including phenoxy) is 1. The van der Waals surface area contributed by atoms with Crippen LogP contribution in [0, 0.1) is 0 Å². The Balaban J connectivity index is 1.87. The molecule has 0 fully saturated rings. The molecular formula is C15H18N4O. The monoisotopic (exact) mass is 270 g/mol.